The molecule has 0 N–H and O–H groups in total. The molecule has 0 aliphatic carbocycles. The van der Waals surface area contributed by atoms with Crippen molar-refractivity contribution in [2.45, 2.75) is 6.92 Å². The van der Waals surface area contributed by atoms with Crippen molar-refractivity contribution >= 4 is 20.4 Å². The van der Waals surface area contributed by atoms with Gasteiger partial charge in [-0.05, 0) is 0 Å². The quantitative estimate of drug-likeness (QED) is 0.562. The van der Waals surface area contributed by atoms with E-state index in [0.717, 1.165) is 0 Å². The minimum atomic E-state index is 0.160. The molecule has 1 rings (SSSR count). The summed E-state index contributed by atoms with van der Waals surface area (Å²) in [6.07, 6.45) is 0. The molecule has 0 fully saturated rings. The second-order valence-electron chi connectivity index (χ2n) is 1.49. The fourth-order valence-electron chi connectivity index (χ4n) is 0.394. The molecule has 1 heteroatoms. The van der Waals surface area contributed by atoms with E-state index in [2.05, 4.69) is 27.2 Å². The summed E-state index contributed by atoms with van der Waals surface area (Å²) in [4.78, 5) is 0. The van der Waals surface area contributed by atoms with Crippen molar-refractivity contribution in [3.8, 4) is 0 Å². The SMILES string of the molecule is Cc1cc[te+]cc1. The minimum absolute atomic E-state index is 0.160. The Hall–Kier alpha value is 0.140. The van der Waals surface area contributed by atoms with Gasteiger partial charge in [-0.2, -0.15) is 0 Å². The summed E-state index contributed by atoms with van der Waals surface area (Å²) in [5, 5.41) is 0. The Bertz CT molecular complexity index is 134. The second kappa shape index (κ2) is 2.45. The molecule has 7 heavy (non-hydrogen) atoms. The van der Waals surface area contributed by atoms with Crippen LogP contribution >= 0.6 is 0 Å². The monoisotopic (exact) mass is 209 g/mol. The van der Waals surface area contributed by atoms with E-state index >= 15 is 0 Å². The van der Waals surface area contributed by atoms with Gasteiger partial charge in [0, 0.05) is 0 Å². The van der Waals surface area contributed by atoms with Crippen molar-refractivity contribution in [2.75, 3.05) is 0 Å². The molecule has 0 spiro atoms. The van der Waals surface area contributed by atoms with E-state index in [1.165, 1.54) is 5.56 Å². The molecular formula is C6H7Te+. The van der Waals surface area contributed by atoms with Crippen molar-refractivity contribution in [3.05, 3.63) is 25.9 Å². The van der Waals surface area contributed by atoms with Gasteiger partial charge in [0.15, 0.2) is 0 Å². The van der Waals surface area contributed by atoms with Gasteiger partial charge >= 0.3 is 53.2 Å². The van der Waals surface area contributed by atoms with E-state index in [1.807, 2.05) is 0 Å². The van der Waals surface area contributed by atoms with Crippen LogP contribution in [0.25, 0.3) is 0 Å². The molecule has 0 saturated heterocycles. The molecule has 0 bridgehead atoms. The van der Waals surface area contributed by atoms with Crippen molar-refractivity contribution in [1.29, 1.82) is 0 Å². The predicted octanol–water partition coefficient (Wildman–Crippen LogP) is 1.33. The first-order valence-corrected chi connectivity index (χ1v) is 4.91. The van der Waals surface area contributed by atoms with Gasteiger partial charge in [0.05, 0.1) is 0 Å². The molecule has 1 heterocycles. The molecule has 0 aliphatic rings. The predicted molar refractivity (Wildman–Crippen MR) is 32.5 cm³/mol. The van der Waals surface area contributed by atoms with E-state index in [0.29, 0.717) is 0 Å². The molecule has 0 nitrogen and oxygen atoms in total. The number of rotatable bonds is 0. The Morgan fingerprint density at radius 1 is 1.29 bits per heavy atom. The number of hydrogen-bond acceptors (Lipinski definition) is 0. The molecule has 36 valence electrons. The van der Waals surface area contributed by atoms with Crippen LogP contribution < -0.4 is 0 Å². The van der Waals surface area contributed by atoms with Crippen molar-refractivity contribution in [1.82, 2.24) is 0 Å². The van der Waals surface area contributed by atoms with Crippen LogP contribution in [0.1, 0.15) is 5.56 Å². The average molecular weight is 207 g/mol. The first kappa shape index (κ1) is 5.28. The molecule has 0 aromatic carbocycles. The zero-order chi connectivity index (χ0) is 5.11. The van der Waals surface area contributed by atoms with Gasteiger partial charge in [-0.25, -0.2) is 0 Å². The van der Waals surface area contributed by atoms with Crippen LogP contribution in [0.3, 0.4) is 0 Å². The summed E-state index contributed by atoms with van der Waals surface area (Å²) in [6, 6.07) is 4.39. The van der Waals surface area contributed by atoms with Crippen molar-refractivity contribution < 1.29 is 0 Å². The van der Waals surface area contributed by atoms with Gasteiger partial charge in [0.1, 0.15) is 0 Å². The van der Waals surface area contributed by atoms with Gasteiger partial charge in [-0.1, -0.05) is 0 Å². The van der Waals surface area contributed by atoms with Crippen LogP contribution in [-0.2, 0) is 0 Å². The van der Waals surface area contributed by atoms with Crippen molar-refractivity contribution in [3.63, 3.8) is 0 Å². The maximum absolute atomic E-state index is 2.29. The third-order valence-corrected chi connectivity index (χ3v) is 2.49. The summed E-state index contributed by atoms with van der Waals surface area (Å²) in [6.45, 7) is 2.12. The van der Waals surface area contributed by atoms with Crippen LogP contribution in [-0.4, -0.2) is 20.4 Å². The summed E-state index contributed by atoms with van der Waals surface area (Å²) in [5.74, 6) is 0. The van der Waals surface area contributed by atoms with Crippen LogP contribution in [0.4, 0.5) is 0 Å². The topological polar surface area (TPSA) is 0 Å². The van der Waals surface area contributed by atoms with Crippen LogP contribution in [0.2, 0.25) is 0 Å². The van der Waals surface area contributed by atoms with Gasteiger partial charge in [-0.3, -0.25) is 0 Å². The first-order valence-electron chi connectivity index (χ1n) is 2.22. The van der Waals surface area contributed by atoms with E-state index in [-0.39, 0.29) is 20.4 Å². The Kier molecular flexibility index (Phi) is 1.85. The summed E-state index contributed by atoms with van der Waals surface area (Å²) in [7, 11) is 0. The molecular weight excluding hydrogens is 200 g/mol. The molecule has 0 atom stereocenters. The fraction of sp³-hybridized carbons (Fsp3) is 0.167. The number of aryl methyl sites for hydroxylation is 1. The fourth-order valence-corrected chi connectivity index (χ4v) is 2.33. The van der Waals surface area contributed by atoms with Crippen LogP contribution in [0.15, 0.2) is 20.3 Å². The van der Waals surface area contributed by atoms with Crippen LogP contribution in [0.5, 0.6) is 0 Å². The molecule has 0 aliphatic heterocycles. The molecule has 0 radical (unpaired) electrons. The number of hydrogen-bond donors (Lipinski definition) is 0. The van der Waals surface area contributed by atoms with E-state index in [1.54, 1.807) is 0 Å². The van der Waals surface area contributed by atoms with Gasteiger partial charge in [0.25, 0.3) is 0 Å². The maximum atomic E-state index is 2.29. The molecule has 0 saturated carbocycles. The Morgan fingerprint density at radius 3 is 2.14 bits per heavy atom. The Morgan fingerprint density at radius 2 is 1.86 bits per heavy atom. The van der Waals surface area contributed by atoms with Crippen LogP contribution in [0, 0.1) is 6.92 Å². The Balaban J connectivity index is 3.02. The van der Waals surface area contributed by atoms with E-state index in [4.69, 9.17) is 0 Å². The third kappa shape index (κ3) is 1.59. The van der Waals surface area contributed by atoms with E-state index < -0.39 is 0 Å². The Labute approximate surface area is 53.4 Å². The normalized spacial score (nSPS) is 8.71. The third-order valence-electron chi connectivity index (χ3n) is 0.819. The molecule has 0 unspecified atom stereocenters. The zero-order valence-corrected chi connectivity index (χ0v) is 6.55. The van der Waals surface area contributed by atoms with Gasteiger partial charge in [0.2, 0.25) is 0 Å². The van der Waals surface area contributed by atoms with Gasteiger partial charge < -0.3 is 0 Å². The zero-order valence-electron chi connectivity index (χ0n) is 4.22. The average Bonchev–Trinajstić information content (AvgIpc) is 1.69. The van der Waals surface area contributed by atoms with Crippen molar-refractivity contribution in [2.24, 2.45) is 0 Å². The van der Waals surface area contributed by atoms with Gasteiger partial charge in [-0.15, -0.1) is 0 Å². The molecule has 0 amide bonds. The first-order chi connectivity index (χ1) is 3.39. The summed E-state index contributed by atoms with van der Waals surface area (Å²) >= 11 is 0.160. The summed E-state index contributed by atoms with van der Waals surface area (Å²) in [5.41, 5.74) is 1.39. The standard InChI is InChI=1S/C6H7Te/c1-6-2-4-7-5-3-6/h2-5H,1H3/q+1. The molecule has 1 aromatic rings. The molecule has 1 aromatic heterocycles. The second-order valence-corrected chi connectivity index (χ2v) is 3.82. The van der Waals surface area contributed by atoms with E-state index in [9.17, 15) is 0 Å². The summed E-state index contributed by atoms with van der Waals surface area (Å²) < 4.78 is 4.58.